The molecule has 1 fully saturated rings. The predicted octanol–water partition coefficient (Wildman–Crippen LogP) is 5.27. The van der Waals surface area contributed by atoms with E-state index in [2.05, 4.69) is 45.2 Å². The molecule has 0 saturated heterocycles. The maximum absolute atomic E-state index is 13.4. The van der Waals surface area contributed by atoms with Gasteiger partial charge in [0.05, 0.1) is 0 Å². The first-order valence-corrected chi connectivity index (χ1v) is 11.6. The van der Waals surface area contributed by atoms with E-state index in [1.54, 1.807) is 24.8 Å². The Hall–Kier alpha value is -2.99. The third-order valence-electron chi connectivity index (χ3n) is 7.15. The van der Waals surface area contributed by atoms with Gasteiger partial charge in [-0.25, -0.2) is 4.39 Å². The molecule has 1 aliphatic carbocycles. The van der Waals surface area contributed by atoms with Crippen molar-refractivity contribution < 1.29 is 4.39 Å². The quantitative estimate of drug-likeness (QED) is 0.433. The summed E-state index contributed by atoms with van der Waals surface area (Å²) in [5.41, 5.74) is 9.99. The monoisotopic (exact) mass is 431 g/mol. The fourth-order valence-electron chi connectivity index (χ4n) is 5.08. The predicted molar refractivity (Wildman–Crippen MR) is 125 cm³/mol. The van der Waals surface area contributed by atoms with Crippen LogP contribution >= 0.6 is 0 Å². The average molecular weight is 432 g/mol. The molecule has 166 valence electrons. The summed E-state index contributed by atoms with van der Waals surface area (Å²) in [5.74, 6) is 0.555. The van der Waals surface area contributed by atoms with Gasteiger partial charge in [0, 0.05) is 34.9 Å². The Kier molecular flexibility index (Phi) is 5.79. The number of nitrogens with zero attached hydrogens (tertiary/aromatic N) is 4. The molecule has 0 bridgehead atoms. The van der Waals surface area contributed by atoms with E-state index in [0.717, 1.165) is 49.4 Å². The Morgan fingerprint density at radius 3 is 2.62 bits per heavy atom. The molecule has 32 heavy (non-hydrogen) atoms. The van der Waals surface area contributed by atoms with E-state index in [1.807, 2.05) is 10.6 Å². The van der Waals surface area contributed by atoms with Gasteiger partial charge in [-0.3, -0.25) is 4.57 Å². The number of rotatable bonds is 7. The highest BCUT2D eigenvalue weighted by molar-refractivity contribution is 5.82. The van der Waals surface area contributed by atoms with Crippen LogP contribution in [0.3, 0.4) is 0 Å². The van der Waals surface area contributed by atoms with Crippen molar-refractivity contribution in [3.63, 3.8) is 0 Å². The third-order valence-corrected chi connectivity index (χ3v) is 7.15. The van der Waals surface area contributed by atoms with Crippen LogP contribution in [-0.4, -0.2) is 24.9 Å². The van der Waals surface area contributed by atoms with Crippen LogP contribution in [0.5, 0.6) is 0 Å². The van der Waals surface area contributed by atoms with Gasteiger partial charge in [-0.15, -0.1) is 10.2 Å². The number of aromatic nitrogens is 4. The zero-order chi connectivity index (χ0) is 22.0. The van der Waals surface area contributed by atoms with Crippen molar-refractivity contribution in [1.82, 2.24) is 19.3 Å². The van der Waals surface area contributed by atoms with Gasteiger partial charge in [-0.05, 0) is 92.8 Å². The SMILES string of the molecule is NC1(CCc2cccc(F)c2)CCC(CCn2ccc3cc(-n4cnnc4)ccc32)CC1. The smallest absolute Gasteiger partial charge is 0.123 e. The molecule has 5 rings (SSSR count). The van der Waals surface area contributed by atoms with E-state index < -0.39 is 0 Å². The van der Waals surface area contributed by atoms with Crippen molar-refractivity contribution in [3.05, 3.63) is 78.8 Å². The lowest BCUT2D eigenvalue weighted by atomic mass is 9.73. The number of halogens is 1. The summed E-state index contributed by atoms with van der Waals surface area (Å²) in [4.78, 5) is 0. The van der Waals surface area contributed by atoms with E-state index in [1.165, 1.54) is 36.2 Å². The summed E-state index contributed by atoms with van der Waals surface area (Å²) < 4.78 is 17.7. The first-order valence-electron chi connectivity index (χ1n) is 11.6. The molecule has 4 aromatic rings. The van der Waals surface area contributed by atoms with E-state index in [0.29, 0.717) is 0 Å². The number of aryl methyl sites for hydroxylation is 2. The standard InChI is InChI=1S/C26H30FN5/c27-23-3-1-2-21(16-23)8-13-26(28)11-6-20(7-12-26)9-14-31-15-10-22-17-24(4-5-25(22)31)32-18-29-30-19-32/h1-5,10,15-20H,6-9,11-14,28H2. The zero-order valence-electron chi connectivity index (χ0n) is 18.3. The first-order chi connectivity index (χ1) is 15.6. The fraction of sp³-hybridized carbons (Fsp3) is 0.385. The largest absolute Gasteiger partial charge is 0.347 e. The van der Waals surface area contributed by atoms with Crippen LogP contribution in [0.1, 0.15) is 44.1 Å². The van der Waals surface area contributed by atoms with Gasteiger partial charge in [0.2, 0.25) is 0 Å². The summed E-state index contributed by atoms with van der Waals surface area (Å²) in [7, 11) is 0. The molecule has 2 aromatic carbocycles. The van der Waals surface area contributed by atoms with E-state index in [-0.39, 0.29) is 11.4 Å². The highest BCUT2D eigenvalue weighted by Gasteiger charge is 2.31. The molecular formula is C26H30FN5. The minimum absolute atomic E-state index is 0.110. The van der Waals surface area contributed by atoms with Crippen LogP contribution in [0.2, 0.25) is 0 Å². The van der Waals surface area contributed by atoms with Gasteiger partial charge in [0.15, 0.2) is 0 Å². The Morgan fingerprint density at radius 2 is 1.84 bits per heavy atom. The molecule has 0 atom stereocenters. The molecule has 2 heterocycles. The number of fused-ring (bicyclic) bond motifs is 1. The Labute approximate surface area is 188 Å². The Balaban J connectivity index is 1.14. The molecular weight excluding hydrogens is 401 g/mol. The molecule has 0 radical (unpaired) electrons. The number of benzene rings is 2. The molecule has 2 aromatic heterocycles. The van der Waals surface area contributed by atoms with E-state index >= 15 is 0 Å². The maximum Gasteiger partial charge on any atom is 0.123 e. The van der Waals surface area contributed by atoms with E-state index in [4.69, 9.17) is 5.73 Å². The molecule has 2 N–H and O–H groups in total. The molecule has 0 unspecified atom stereocenters. The molecule has 5 nitrogen and oxygen atoms in total. The van der Waals surface area contributed by atoms with Crippen molar-refractivity contribution in [3.8, 4) is 5.69 Å². The first kappa shape index (κ1) is 20.9. The van der Waals surface area contributed by atoms with Gasteiger partial charge < -0.3 is 10.3 Å². The van der Waals surface area contributed by atoms with Gasteiger partial charge in [-0.2, -0.15) is 0 Å². The second-order valence-electron chi connectivity index (χ2n) is 9.35. The second-order valence-corrected chi connectivity index (χ2v) is 9.35. The van der Waals surface area contributed by atoms with Gasteiger partial charge in [0.1, 0.15) is 18.5 Å². The summed E-state index contributed by atoms with van der Waals surface area (Å²) in [6.45, 7) is 1.03. The lowest BCUT2D eigenvalue weighted by molar-refractivity contribution is 0.210. The average Bonchev–Trinajstić information content (AvgIpc) is 3.48. The van der Waals surface area contributed by atoms with Crippen molar-refractivity contribution >= 4 is 10.9 Å². The zero-order valence-corrected chi connectivity index (χ0v) is 18.3. The van der Waals surface area contributed by atoms with Crippen molar-refractivity contribution in [1.29, 1.82) is 0 Å². The van der Waals surface area contributed by atoms with Crippen LogP contribution in [0.4, 0.5) is 4.39 Å². The lowest BCUT2D eigenvalue weighted by Crippen LogP contribution is -2.43. The van der Waals surface area contributed by atoms with Gasteiger partial charge >= 0.3 is 0 Å². The highest BCUT2D eigenvalue weighted by atomic mass is 19.1. The number of hydrogen-bond donors (Lipinski definition) is 1. The fourth-order valence-corrected chi connectivity index (χ4v) is 5.08. The van der Waals surface area contributed by atoms with Crippen LogP contribution in [0.15, 0.2) is 67.4 Å². The number of hydrogen-bond acceptors (Lipinski definition) is 3. The Bertz CT molecular complexity index is 1170. The number of nitrogens with two attached hydrogens (primary N) is 1. The van der Waals surface area contributed by atoms with Crippen LogP contribution in [-0.2, 0) is 13.0 Å². The van der Waals surface area contributed by atoms with Crippen LogP contribution in [0, 0.1) is 11.7 Å². The molecule has 0 aliphatic heterocycles. The van der Waals surface area contributed by atoms with Crippen LogP contribution < -0.4 is 5.73 Å². The minimum Gasteiger partial charge on any atom is -0.347 e. The molecule has 0 amide bonds. The third kappa shape index (κ3) is 4.60. The summed E-state index contributed by atoms with van der Waals surface area (Å²) in [5, 5.41) is 9.01. The molecule has 6 heteroatoms. The molecule has 0 spiro atoms. The normalized spacial score (nSPS) is 21.2. The summed E-state index contributed by atoms with van der Waals surface area (Å²) >= 11 is 0. The highest BCUT2D eigenvalue weighted by Crippen LogP contribution is 2.35. The van der Waals surface area contributed by atoms with Crippen molar-refractivity contribution in [2.75, 3.05) is 0 Å². The van der Waals surface area contributed by atoms with E-state index in [9.17, 15) is 4.39 Å². The summed E-state index contributed by atoms with van der Waals surface area (Å²) in [6.07, 6.45) is 13.1. The lowest BCUT2D eigenvalue weighted by Gasteiger charge is -2.37. The van der Waals surface area contributed by atoms with Crippen molar-refractivity contribution in [2.24, 2.45) is 11.7 Å². The van der Waals surface area contributed by atoms with Crippen molar-refractivity contribution in [2.45, 2.75) is 57.0 Å². The summed E-state index contributed by atoms with van der Waals surface area (Å²) in [6, 6.07) is 15.6. The second kappa shape index (κ2) is 8.87. The van der Waals surface area contributed by atoms with Gasteiger partial charge in [-0.1, -0.05) is 12.1 Å². The maximum atomic E-state index is 13.4. The van der Waals surface area contributed by atoms with Gasteiger partial charge in [0.25, 0.3) is 0 Å². The minimum atomic E-state index is -0.162. The molecule has 1 saturated carbocycles. The molecule has 1 aliphatic rings. The Morgan fingerprint density at radius 1 is 1.03 bits per heavy atom. The topological polar surface area (TPSA) is 61.7 Å². The van der Waals surface area contributed by atoms with Crippen LogP contribution in [0.25, 0.3) is 16.6 Å².